The Bertz CT molecular complexity index is 890. The van der Waals surface area contributed by atoms with Gasteiger partial charge in [0.25, 0.3) is 5.91 Å². The fourth-order valence-electron chi connectivity index (χ4n) is 3.04. The van der Waals surface area contributed by atoms with Gasteiger partial charge in [-0.05, 0) is 50.6 Å². The lowest BCUT2D eigenvalue weighted by atomic mass is 10.1. The summed E-state index contributed by atoms with van der Waals surface area (Å²) in [6.45, 7) is 5.01. The number of carbonyl (C=O) groups is 3. The molecule has 0 unspecified atom stereocenters. The van der Waals surface area contributed by atoms with Crippen LogP contribution in [-0.2, 0) is 20.8 Å². The van der Waals surface area contributed by atoms with Crippen LogP contribution in [0.4, 0.5) is 0 Å². The van der Waals surface area contributed by atoms with Gasteiger partial charge in [-0.25, -0.2) is 0 Å². The number of amides is 1. The molecule has 2 rings (SSSR count). The zero-order valence-corrected chi connectivity index (χ0v) is 18.3. The number of ether oxygens (including phenoxy) is 2. The van der Waals surface area contributed by atoms with Crippen molar-refractivity contribution in [2.75, 3.05) is 26.9 Å². The van der Waals surface area contributed by atoms with Crippen molar-refractivity contribution < 1.29 is 23.9 Å². The number of Topliss-reactive ketones (excluding diaryl/α,β-unsaturated/α-hetero) is 1. The number of nitrogens with one attached hydrogen (secondary N) is 1. The summed E-state index contributed by atoms with van der Waals surface area (Å²) in [5.41, 5.74) is 2.83. The van der Waals surface area contributed by atoms with Crippen molar-refractivity contribution in [3.05, 3.63) is 57.9 Å². The Labute approximate surface area is 181 Å². The summed E-state index contributed by atoms with van der Waals surface area (Å²) in [4.78, 5) is 36.3. The van der Waals surface area contributed by atoms with E-state index in [4.69, 9.17) is 21.1 Å². The minimum Gasteiger partial charge on any atom is -0.457 e. The van der Waals surface area contributed by atoms with Crippen LogP contribution in [0.5, 0.6) is 0 Å². The quantitative estimate of drug-likeness (QED) is 0.333. The second kappa shape index (κ2) is 11.5. The molecular formula is C22H27ClN2O5. The van der Waals surface area contributed by atoms with Crippen LogP contribution in [-0.4, -0.2) is 49.1 Å². The van der Waals surface area contributed by atoms with Gasteiger partial charge in [0.1, 0.15) is 0 Å². The highest BCUT2D eigenvalue weighted by Gasteiger charge is 2.17. The van der Waals surface area contributed by atoms with E-state index in [9.17, 15) is 14.4 Å². The van der Waals surface area contributed by atoms with Gasteiger partial charge in [-0.1, -0.05) is 11.6 Å². The molecule has 0 spiro atoms. The standard InChI is InChI=1S/C22H27ClN2O5/c1-15-13-19(16(2)25(15)11-12-29-3)20(26)14-30-21(27)5-4-10-24-22(28)17-6-8-18(23)9-7-17/h6-9,13H,4-5,10-12,14H2,1-3H3,(H,24,28). The third-order valence-electron chi connectivity index (χ3n) is 4.71. The van der Waals surface area contributed by atoms with Crippen LogP contribution in [0.3, 0.4) is 0 Å². The molecule has 1 aromatic heterocycles. The molecule has 1 aromatic carbocycles. The van der Waals surface area contributed by atoms with E-state index in [0.717, 1.165) is 11.4 Å². The molecule has 0 bridgehead atoms. The van der Waals surface area contributed by atoms with E-state index < -0.39 is 5.97 Å². The largest absolute Gasteiger partial charge is 0.457 e. The van der Waals surface area contributed by atoms with Gasteiger partial charge in [0.05, 0.1) is 6.61 Å². The Morgan fingerprint density at radius 2 is 1.83 bits per heavy atom. The number of carbonyl (C=O) groups excluding carboxylic acids is 3. The minimum atomic E-state index is -0.475. The number of ketones is 1. The molecule has 0 aliphatic rings. The predicted molar refractivity (Wildman–Crippen MR) is 114 cm³/mol. The Morgan fingerprint density at radius 3 is 2.50 bits per heavy atom. The van der Waals surface area contributed by atoms with Gasteiger partial charge >= 0.3 is 5.97 Å². The number of halogens is 1. The summed E-state index contributed by atoms with van der Waals surface area (Å²) >= 11 is 5.79. The fraction of sp³-hybridized carbons (Fsp3) is 0.409. The Kier molecular flexibility index (Phi) is 9.08. The van der Waals surface area contributed by atoms with Gasteiger partial charge in [-0.2, -0.15) is 0 Å². The molecule has 0 saturated heterocycles. The highest BCUT2D eigenvalue weighted by Crippen LogP contribution is 2.16. The van der Waals surface area contributed by atoms with Gasteiger partial charge in [-0.3, -0.25) is 14.4 Å². The number of methoxy groups -OCH3 is 1. The number of aryl methyl sites for hydroxylation is 1. The third-order valence-corrected chi connectivity index (χ3v) is 4.96. The number of rotatable bonds is 11. The molecule has 0 atom stereocenters. The normalized spacial score (nSPS) is 10.7. The van der Waals surface area contributed by atoms with Crippen molar-refractivity contribution in [1.29, 1.82) is 0 Å². The van der Waals surface area contributed by atoms with Gasteiger partial charge in [0, 0.05) is 54.2 Å². The molecule has 162 valence electrons. The van der Waals surface area contributed by atoms with Gasteiger partial charge in [0.2, 0.25) is 5.78 Å². The highest BCUT2D eigenvalue weighted by atomic mass is 35.5. The van der Waals surface area contributed by atoms with E-state index in [2.05, 4.69) is 5.32 Å². The Morgan fingerprint density at radius 1 is 1.13 bits per heavy atom. The number of esters is 1. The second-order valence-electron chi connectivity index (χ2n) is 6.88. The molecule has 1 heterocycles. The molecule has 0 saturated carbocycles. The van der Waals surface area contributed by atoms with Crippen LogP contribution < -0.4 is 5.32 Å². The Hall–Kier alpha value is -2.64. The van der Waals surface area contributed by atoms with E-state index in [1.54, 1.807) is 37.4 Å². The first kappa shape index (κ1) is 23.6. The molecule has 0 aliphatic heterocycles. The van der Waals surface area contributed by atoms with Gasteiger partial charge in [-0.15, -0.1) is 0 Å². The predicted octanol–water partition coefficient (Wildman–Crippen LogP) is 3.34. The summed E-state index contributed by atoms with van der Waals surface area (Å²) < 4.78 is 12.2. The van der Waals surface area contributed by atoms with Crippen LogP contribution in [0.25, 0.3) is 0 Å². The number of hydrogen-bond donors (Lipinski definition) is 1. The lowest BCUT2D eigenvalue weighted by molar-refractivity contribution is -0.142. The molecule has 0 aliphatic carbocycles. The number of hydrogen-bond acceptors (Lipinski definition) is 5. The lowest BCUT2D eigenvalue weighted by Gasteiger charge is -2.09. The van der Waals surface area contributed by atoms with Crippen LogP contribution in [0, 0.1) is 13.8 Å². The lowest BCUT2D eigenvalue weighted by Crippen LogP contribution is -2.25. The number of benzene rings is 1. The average molecular weight is 435 g/mol. The van der Waals surface area contributed by atoms with Gasteiger partial charge in [0.15, 0.2) is 6.61 Å². The molecule has 1 N–H and O–H groups in total. The zero-order valence-electron chi connectivity index (χ0n) is 17.5. The first-order valence-corrected chi connectivity index (χ1v) is 10.1. The average Bonchev–Trinajstić information content (AvgIpc) is 3.01. The first-order chi connectivity index (χ1) is 14.3. The molecule has 7 nitrogen and oxygen atoms in total. The summed E-state index contributed by atoms with van der Waals surface area (Å²) in [6, 6.07) is 8.33. The highest BCUT2D eigenvalue weighted by molar-refractivity contribution is 6.30. The molecular weight excluding hydrogens is 408 g/mol. The van der Waals surface area contributed by atoms with E-state index in [-0.39, 0.29) is 24.7 Å². The summed E-state index contributed by atoms with van der Waals surface area (Å²) in [7, 11) is 1.63. The zero-order chi connectivity index (χ0) is 22.1. The van der Waals surface area contributed by atoms with Crippen molar-refractivity contribution in [3.8, 4) is 0 Å². The van der Waals surface area contributed by atoms with Crippen molar-refractivity contribution >= 4 is 29.3 Å². The van der Waals surface area contributed by atoms with E-state index >= 15 is 0 Å². The summed E-state index contributed by atoms with van der Waals surface area (Å²) in [5.74, 6) is -0.951. The first-order valence-electron chi connectivity index (χ1n) is 9.71. The minimum absolute atomic E-state index is 0.112. The molecule has 0 fully saturated rings. The summed E-state index contributed by atoms with van der Waals surface area (Å²) in [6.07, 6.45) is 0.527. The maximum atomic E-state index is 12.4. The molecule has 2 aromatic rings. The third kappa shape index (κ3) is 6.71. The maximum Gasteiger partial charge on any atom is 0.306 e. The van der Waals surface area contributed by atoms with Crippen LogP contribution in [0.2, 0.25) is 5.02 Å². The molecule has 30 heavy (non-hydrogen) atoms. The van der Waals surface area contributed by atoms with Crippen molar-refractivity contribution in [3.63, 3.8) is 0 Å². The second-order valence-corrected chi connectivity index (χ2v) is 7.32. The number of nitrogens with zero attached hydrogens (tertiary/aromatic N) is 1. The topological polar surface area (TPSA) is 86.6 Å². The van der Waals surface area contributed by atoms with Crippen molar-refractivity contribution in [1.82, 2.24) is 9.88 Å². The fourth-order valence-corrected chi connectivity index (χ4v) is 3.17. The van der Waals surface area contributed by atoms with Crippen molar-refractivity contribution in [2.45, 2.75) is 33.2 Å². The smallest absolute Gasteiger partial charge is 0.306 e. The number of aromatic nitrogens is 1. The molecule has 8 heteroatoms. The molecule has 1 amide bonds. The SMILES string of the molecule is COCCn1c(C)cc(C(=O)COC(=O)CCCNC(=O)c2ccc(Cl)cc2)c1C. The van der Waals surface area contributed by atoms with Crippen molar-refractivity contribution in [2.24, 2.45) is 0 Å². The van der Waals surface area contributed by atoms with Crippen LogP contribution >= 0.6 is 11.6 Å². The van der Waals surface area contributed by atoms with Crippen LogP contribution in [0.15, 0.2) is 30.3 Å². The van der Waals surface area contributed by atoms with E-state index in [1.165, 1.54) is 0 Å². The summed E-state index contributed by atoms with van der Waals surface area (Å²) in [5, 5.41) is 3.28. The van der Waals surface area contributed by atoms with E-state index in [1.807, 2.05) is 18.4 Å². The van der Waals surface area contributed by atoms with E-state index in [0.29, 0.717) is 42.3 Å². The monoisotopic (exact) mass is 434 g/mol. The maximum absolute atomic E-state index is 12.4. The molecule has 0 radical (unpaired) electrons. The Balaban J connectivity index is 1.72. The van der Waals surface area contributed by atoms with Gasteiger partial charge < -0.3 is 19.4 Å². The van der Waals surface area contributed by atoms with Crippen LogP contribution in [0.1, 0.15) is 44.9 Å².